The smallest absolute Gasteiger partial charge is 0.269 e. The minimum absolute atomic E-state index is 0.0236. The fourth-order valence-electron chi connectivity index (χ4n) is 2.45. The van der Waals surface area contributed by atoms with Gasteiger partial charge in [0.15, 0.2) is 0 Å². The van der Waals surface area contributed by atoms with Gasteiger partial charge in [-0.3, -0.25) is 4.79 Å². The summed E-state index contributed by atoms with van der Waals surface area (Å²) in [6.07, 6.45) is 0.966. The van der Waals surface area contributed by atoms with Gasteiger partial charge in [0, 0.05) is 29.0 Å². The van der Waals surface area contributed by atoms with Crippen molar-refractivity contribution in [3.63, 3.8) is 0 Å². The molecular formula is C16H17ClN2O2. The largest absolute Gasteiger partial charge is 0.381 e. The standard InChI is InChI=1S/C16H17ClN2O2/c1-16(6-7-21-10-16)9-18-15(20)13-5-3-11-2-4-12(17)8-14(11)19-13/h2-5,8H,6-7,9-10H2,1H3,(H,18,20). The highest BCUT2D eigenvalue weighted by molar-refractivity contribution is 6.31. The molecule has 1 aliphatic rings. The molecule has 1 aliphatic heterocycles. The molecule has 5 heteroatoms. The molecule has 1 fully saturated rings. The average Bonchev–Trinajstić information content (AvgIpc) is 2.91. The molecule has 1 aromatic heterocycles. The summed E-state index contributed by atoms with van der Waals surface area (Å²) in [5.41, 5.74) is 1.16. The molecule has 110 valence electrons. The van der Waals surface area contributed by atoms with E-state index in [1.807, 2.05) is 18.2 Å². The summed E-state index contributed by atoms with van der Waals surface area (Å²) in [6, 6.07) is 9.09. The molecule has 0 spiro atoms. The van der Waals surface area contributed by atoms with Gasteiger partial charge in [-0.25, -0.2) is 4.98 Å². The molecule has 1 saturated heterocycles. The lowest BCUT2D eigenvalue weighted by Gasteiger charge is -2.21. The molecule has 0 radical (unpaired) electrons. The van der Waals surface area contributed by atoms with Gasteiger partial charge in [0.1, 0.15) is 5.69 Å². The van der Waals surface area contributed by atoms with Gasteiger partial charge < -0.3 is 10.1 Å². The van der Waals surface area contributed by atoms with Gasteiger partial charge in [-0.2, -0.15) is 0 Å². The Hall–Kier alpha value is -1.65. The van der Waals surface area contributed by atoms with Gasteiger partial charge >= 0.3 is 0 Å². The lowest BCUT2D eigenvalue weighted by molar-refractivity contribution is 0.0920. The fraction of sp³-hybridized carbons (Fsp3) is 0.375. The first-order valence-electron chi connectivity index (χ1n) is 6.98. The van der Waals surface area contributed by atoms with Crippen LogP contribution in [0.5, 0.6) is 0 Å². The van der Waals surface area contributed by atoms with E-state index in [-0.39, 0.29) is 11.3 Å². The van der Waals surface area contributed by atoms with Gasteiger partial charge in [-0.05, 0) is 24.6 Å². The van der Waals surface area contributed by atoms with E-state index in [4.69, 9.17) is 16.3 Å². The van der Waals surface area contributed by atoms with Crippen LogP contribution >= 0.6 is 11.6 Å². The molecule has 1 aromatic carbocycles. The molecule has 0 aliphatic carbocycles. The van der Waals surface area contributed by atoms with E-state index in [9.17, 15) is 4.79 Å². The number of nitrogens with zero attached hydrogens (tertiary/aromatic N) is 1. The van der Waals surface area contributed by atoms with Gasteiger partial charge in [0.2, 0.25) is 0 Å². The Labute approximate surface area is 128 Å². The third-order valence-electron chi connectivity index (χ3n) is 3.86. The lowest BCUT2D eigenvalue weighted by Crippen LogP contribution is -2.36. The van der Waals surface area contributed by atoms with E-state index in [1.165, 1.54) is 0 Å². The van der Waals surface area contributed by atoms with Gasteiger partial charge in [0.25, 0.3) is 5.91 Å². The summed E-state index contributed by atoms with van der Waals surface area (Å²) in [7, 11) is 0. The maximum atomic E-state index is 12.2. The van der Waals surface area contributed by atoms with Crippen LogP contribution in [-0.2, 0) is 4.74 Å². The minimum Gasteiger partial charge on any atom is -0.381 e. The minimum atomic E-state index is -0.162. The molecular weight excluding hydrogens is 288 g/mol. The number of halogens is 1. The number of amides is 1. The topological polar surface area (TPSA) is 51.2 Å². The number of pyridine rings is 1. The number of fused-ring (bicyclic) bond motifs is 1. The highest BCUT2D eigenvalue weighted by Crippen LogP contribution is 2.26. The molecule has 0 bridgehead atoms. The molecule has 2 heterocycles. The number of hydrogen-bond acceptors (Lipinski definition) is 3. The molecule has 0 saturated carbocycles. The van der Waals surface area contributed by atoms with Crippen LogP contribution in [0.4, 0.5) is 0 Å². The number of benzene rings is 1. The Morgan fingerprint density at radius 1 is 1.43 bits per heavy atom. The van der Waals surface area contributed by atoms with Crippen molar-refractivity contribution < 1.29 is 9.53 Å². The Balaban J connectivity index is 1.75. The SMILES string of the molecule is CC1(CNC(=O)c2ccc3ccc(Cl)cc3n2)CCOC1. The molecule has 4 nitrogen and oxygen atoms in total. The van der Waals surface area contributed by atoms with E-state index >= 15 is 0 Å². The van der Waals surface area contributed by atoms with E-state index < -0.39 is 0 Å². The highest BCUT2D eigenvalue weighted by Gasteiger charge is 2.30. The van der Waals surface area contributed by atoms with Crippen LogP contribution in [0.2, 0.25) is 5.02 Å². The molecule has 2 aromatic rings. The van der Waals surface area contributed by atoms with Crippen molar-refractivity contribution in [3.8, 4) is 0 Å². The first-order chi connectivity index (χ1) is 10.1. The molecule has 1 unspecified atom stereocenters. The third kappa shape index (κ3) is 3.17. The second-order valence-electron chi connectivity index (χ2n) is 5.83. The fourth-order valence-corrected chi connectivity index (χ4v) is 2.62. The summed E-state index contributed by atoms with van der Waals surface area (Å²) < 4.78 is 5.39. The molecule has 1 amide bonds. The zero-order valence-electron chi connectivity index (χ0n) is 11.9. The van der Waals surface area contributed by atoms with Crippen LogP contribution in [0, 0.1) is 5.41 Å². The molecule has 21 heavy (non-hydrogen) atoms. The Bertz CT molecular complexity index is 681. The number of ether oxygens (including phenoxy) is 1. The van der Waals surface area contributed by atoms with Crippen molar-refractivity contribution in [2.75, 3.05) is 19.8 Å². The summed E-state index contributed by atoms with van der Waals surface area (Å²) >= 11 is 5.96. The third-order valence-corrected chi connectivity index (χ3v) is 4.10. The normalized spacial score (nSPS) is 21.6. The summed E-state index contributed by atoms with van der Waals surface area (Å²) in [5, 5.41) is 4.53. The van der Waals surface area contributed by atoms with Gasteiger partial charge in [-0.15, -0.1) is 0 Å². The van der Waals surface area contributed by atoms with Crippen molar-refractivity contribution >= 4 is 28.4 Å². The van der Waals surface area contributed by atoms with Gasteiger partial charge in [0.05, 0.1) is 12.1 Å². The number of rotatable bonds is 3. The zero-order valence-corrected chi connectivity index (χ0v) is 12.6. The maximum absolute atomic E-state index is 12.2. The zero-order chi connectivity index (χ0) is 14.9. The van der Waals surface area contributed by atoms with Crippen LogP contribution in [0.3, 0.4) is 0 Å². The second-order valence-corrected chi connectivity index (χ2v) is 6.27. The van der Waals surface area contributed by atoms with Crippen molar-refractivity contribution in [1.29, 1.82) is 0 Å². The van der Waals surface area contributed by atoms with E-state index in [1.54, 1.807) is 12.1 Å². The predicted octanol–water partition coefficient (Wildman–Crippen LogP) is 3.04. The monoisotopic (exact) mass is 304 g/mol. The number of carbonyl (C=O) groups is 1. The van der Waals surface area contributed by atoms with Gasteiger partial charge in [-0.1, -0.05) is 30.7 Å². The van der Waals surface area contributed by atoms with Crippen LogP contribution in [0.15, 0.2) is 30.3 Å². The molecule has 1 atom stereocenters. The number of aromatic nitrogens is 1. The van der Waals surface area contributed by atoms with E-state index in [0.29, 0.717) is 23.9 Å². The van der Waals surface area contributed by atoms with E-state index in [2.05, 4.69) is 17.2 Å². The van der Waals surface area contributed by atoms with Crippen LogP contribution in [-0.4, -0.2) is 30.6 Å². The summed E-state index contributed by atoms with van der Waals surface area (Å²) in [4.78, 5) is 16.6. The van der Waals surface area contributed by atoms with Crippen LogP contribution in [0.25, 0.3) is 10.9 Å². The Morgan fingerprint density at radius 3 is 3.00 bits per heavy atom. The van der Waals surface area contributed by atoms with Crippen LogP contribution in [0.1, 0.15) is 23.8 Å². The van der Waals surface area contributed by atoms with Crippen molar-refractivity contribution in [2.45, 2.75) is 13.3 Å². The van der Waals surface area contributed by atoms with Crippen molar-refractivity contribution in [2.24, 2.45) is 5.41 Å². The Kier molecular flexibility index (Phi) is 3.83. The van der Waals surface area contributed by atoms with Crippen molar-refractivity contribution in [1.82, 2.24) is 10.3 Å². The predicted molar refractivity (Wildman–Crippen MR) is 82.6 cm³/mol. The molecule has 3 rings (SSSR count). The first-order valence-corrected chi connectivity index (χ1v) is 7.36. The number of nitrogens with one attached hydrogen (secondary N) is 1. The summed E-state index contributed by atoms with van der Waals surface area (Å²) in [5.74, 6) is -0.162. The highest BCUT2D eigenvalue weighted by atomic mass is 35.5. The molecule has 1 N–H and O–H groups in total. The first kappa shape index (κ1) is 14.3. The van der Waals surface area contributed by atoms with E-state index in [0.717, 1.165) is 23.9 Å². The maximum Gasteiger partial charge on any atom is 0.269 e. The average molecular weight is 305 g/mol. The number of hydrogen-bond donors (Lipinski definition) is 1. The van der Waals surface area contributed by atoms with Crippen molar-refractivity contribution in [3.05, 3.63) is 41.0 Å². The van der Waals surface area contributed by atoms with Crippen LogP contribution < -0.4 is 5.32 Å². The number of carbonyl (C=O) groups excluding carboxylic acids is 1. The quantitative estimate of drug-likeness (QED) is 0.948. The summed E-state index contributed by atoms with van der Waals surface area (Å²) in [6.45, 7) is 4.17. The lowest BCUT2D eigenvalue weighted by atomic mass is 9.90. The Morgan fingerprint density at radius 2 is 2.24 bits per heavy atom. The second kappa shape index (κ2) is 5.62.